The normalized spacial score (nSPS) is 10.8. The number of rotatable bonds is 3. The minimum Gasteiger partial charge on any atom is -0.350 e. The molecule has 20 heavy (non-hydrogen) atoms. The lowest BCUT2D eigenvalue weighted by molar-refractivity contribution is -0.385. The van der Waals surface area contributed by atoms with Crippen molar-refractivity contribution in [3.05, 3.63) is 51.3 Å². The fourth-order valence-electron chi connectivity index (χ4n) is 1.85. The summed E-state index contributed by atoms with van der Waals surface area (Å²) in [4.78, 5) is 22.6. The van der Waals surface area contributed by atoms with Crippen molar-refractivity contribution < 1.29 is 18.8 Å². The molecule has 100 valence electrons. The van der Waals surface area contributed by atoms with E-state index in [1.807, 2.05) is 0 Å². The van der Waals surface area contributed by atoms with Crippen molar-refractivity contribution in [2.24, 2.45) is 0 Å². The first-order chi connectivity index (χ1) is 9.59. The van der Waals surface area contributed by atoms with E-state index in [0.29, 0.717) is 5.69 Å². The van der Waals surface area contributed by atoms with Gasteiger partial charge in [-0.2, -0.15) is 0 Å². The molecule has 0 saturated carbocycles. The summed E-state index contributed by atoms with van der Waals surface area (Å²) in [5.74, 6) is -0.646. The molecule has 0 aliphatic rings. The van der Waals surface area contributed by atoms with E-state index in [1.165, 1.54) is 24.3 Å². The van der Waals surface area contributed by atoms with E-state index in [9.17, 15) is 14.9 Å². The zero-order chi connectivity index (χ0) is 14.3. The number of nitro benzene ring substituents is 1. The van der Waals surface area contributed by atoms with Gasteiger partial charge in [0.1, 0.15) is 11.3 Å². The number of nitro groups is 1. The molecule has 0 N–H and O–H groups in total. The highest BCUT2D eigenvalue weighted by Crippen LogP contribution is 2.26. The first kappa shape index (κ1) is 12.0. The number of benzene rings is 1. The van der Waals surface area contributed by atoms with Gasteiger partial charge >= 0.3 is 0 Å². The molecule has 0 atom stereocenters. The van der Waals surface area contributed by atoms with E-state index in [1.54, 1.807) is 6.92 Å². The highest BCUT2D eigenvalue weighted by molar-refractivity contribution is 6.15. The van der Waals surface area contributed by atoms with Crippen LogP contribution in [0.1, 0.15) is 21.7 Å². The summed E-state index contributed by atoms with van der Waals surface area (Å²) in [6.07, 6.45) is 0. The molecule has 0 bridgehead atoms. The number of para-hydroxylation sites is 1. The number of hydrogen-bond donors (Lipinski definition) is 0. The monoisotopic (exact) mass is 273 g/mol. The molecule has 0 spiro atoms. The molecule has 2 heterocycles. The fourth-order valence-corrected chi connectivity index (χ4v) is 1.85. The third kappa shape index (κ3) is 1.66. The molecule has 0 fully saturated rings. The Balaban J connectivity index is 2.16. The Hall–Kier alpha value is -3.03. The average Bonchev–Trinajstić information content (AvgIpc) is 3.01. The van der Waals surface area contributed by atoms with Gasteiger partial charge in [0.2, 0.25) is 22.6 Å². The number of aryl methyl sites for hydroxylation is 1. The van der Waals surface area contributed by atoms with Crippen molar-refractivity contribution in [2.45, 2.75) is 6.92 Å². The van der Waals surface area contributed by atoms with Crippen molar-refractivity contribution in [3.63, 3.8) is 0 Å². The quantitative estimate of drug-likeness (QED) is 0.408. The van der Waals surface area contributed by atoms with Crippen LogP contribution in [0.3, 0.4) is 0 Å². The van der Waals surface area contributed by atoms with Crippen LogP contribution in [-0.2, 0) is 0 Å². The average molecular weight is 273 g/mol. The Bertz CT molecular complexity index is 833. The standard InChI is InChI=1S/C12H7N3O5/c1-6-11-12(20-13-6)9(14-19-11)10(16)7-4-2-3-5-8(7)15(17)18/h2-5H,1H3. The predicted octanol–water partition coefficient (Wildman–Crippen LogP) is 2.26. The molecule has 3 rings (SSSR count). The van der Waals surface area contributed by atoms with Crippen LogP contribution in [-0.4, -0.2) is 21.0 Å². The first-order valence-electron chi connectivity index (χ1n) is 5.59. The second kappa shape index (κ2) is 4.26. The fraction of sp³-hybridized carbons (Fsp3) is 0.0833. The van der Waals surface area contributed by atoms with Crippen LogP contribution in [0.5, 0.6) is 0 Å². The van der Waals surface area contributed by atoms with Crippen LogP contribution in [0.25, 0.3) is 11.2 Å². The van der Waals surface area contributed by atoms with Gasteiger partial charge in [-0.15, -0.1) is 0 Å². The summed E-state index contributed by atoms with van der Waals surface area (Å²) < 4.78 is 9.93. The Labute approximate surface area is 111 Å². The summed E-state index contributed by atoms with van der Waals surface area (Å²) in [6.45, 7) is 1.64. The van der Waals surface area contributed by atoms with E-state index in [2.05, 4.69) is 10.3 Å². The highest BCUT2D eigenvalue weighted by Gasteiger charge is 2.28. The van der Waals surface area contributed by atoms with Gasteiger partial charge in [-0.05, 0) is 13.0 Å². The molecule has 3 aromatic rings. The maximum atomic E-state index is 12.3. The maximum absolute atomic E-state index is 12.3. The Morgan fingerprint density at radius 2 is 1.90 bits per heavy atom. The molecular weight excluding hydrogens is 266 g/mol. The van der Waals surface area contributed by atoms with Gasteiger partial charge in [0, 0.05) is 6.07 Å². The second-order valence-electron chi connectivity index (χ2n) is 4.06. The zero-order valence-corrected chi connectivity index (χ0v) is 10.2. The van der Waals surface area contributed by atoms with Gasteiger partial charge in [-0.3, -0.25) is 14.9 Å². The predicted molar refractivity (Wildman–Crippen MR) is 65.3 cm³/mol. The third-order valence-electron chi connectivity index (χ3n) is 2.81. The van der Waals surface area contributed by atoms with E-state index in [-0.39, 0.29) is 28.1 Å². The van der Waals surface area contributed by atoms with Crippen LogP contribution in [0.15, 0.2) is 33.3 Å². The molecule has 0 amide bonds. The van der Waals surface area contributed by atoms with Gasteiger partial charge in [0.05, 0.1) is 4.92 Å². The molecule has 2 aromatic heterocycles. The smallest absolute Gasteiger partial charge is 0.280 e. The number of fused-ring (bicyclic) bond motifs is 1. The van der Waals surface area contributed by atoms with E-state index in [0.717, 1.165) is 0 Å². The number of nitrogens with zero attached hydrogens (tertiary/aromatic N) is 3. The molecule has 0 aliphatic carbocycles. The molecule has 0 saturated heterocycles. The van der Waals surface area contributed by atoms with E-state index >= 15 is 0 Å². The lowest BCUT2D eigenvalue weighted by Gasteiger charge is -1.98. The maximum Gasteiger partial charge on any atom is 0.280 e. The summed E-state index contributed by atoms with van der Waals surface area (Å²) >= 11 is 0. The SMILES string of the molecule is Cc1noc2c(C(=O)c3ccccc3[N+](=O)[O-])noc12. The minimum absolute atomic E-state index is 0.0817. The third-order valence-corrected chi connectivity index (χ3v) is 2.81. The van der Waals surface area contributed by atoms with Gasteiger partial charge in [-0.1, -0.05) is 22.4 Å². The van der Waals surface area contributed by atoms with Gasteiger partial charge in [0.15, 0.2) is 0 Å². The highest BCUT2D eigenvalue weighted by atomic mass is 16.6. The number of carbonyl (C=O) groups excluding carboxylic acids is 1. The largest absolute Gasteiger partial charge is 0.350 e. The lowest BCUT2D eigenvalue weighted by atomic mass is 10.1. The molecule has 0 aliphatic heterocycles. The molecule has 8 nitrogen and oxygen atoms in total. The number of hydrogen-bond acceptors (Lipinski definition) is 7. The van der Waals surface area contributed by atoms with Crippen LogP contribution < -0.4 is 0 Å². The van der Waals surface area contributed by atoms with Crippen molar-refractivity contribution in [3.8, 4) is 0 Å². The van der Waals surface area contributed by atoms with Crippen molar-refractivity contribution in [1.82, 2.24) is 10.3 Å². The van der Waals surface area contributed by atoms with Crippen molar-refractivity contribution in [1.29, 1.82) is 0 Å². The second-order valence-corrected chi connectivity index (χ2v) is 4.06. The lowest BCUT2D eigenvalue weighted by Crippen LogP contribution is -2.05. The number of ketones is 1. The zero-order valence-electron chi connectivity index (χ0n) is 10.2. The topological polar surface area (TPSA) is 112 Å². The molecule has 0 unspecified atom stereocenters. The first-order valence-corrected chi connectivity index (χ1v) is 5.59. The van der Waals surface area contributed by atoms with Crippen LogP contribution in [0.2, 0.25) is 0 Å². The Morgan fingerprint density at radius 1 is 1.20 bits per heavy atom. The summed E-state index contributed by atoms with van der Waals surface area (Å²) in [7, 11) is 0. The van der Waals surface area contributed by atoms with Gasteiger partial charge in [0.25, 0.3) is 5.69 Å². The van der Waals surface area contributed by atoms with Crippen LogP contribution in [0, 0.1) is 17.0 Å². The van der Waals surface area contributed by atoms with Gasteiger partial charge < -0.3 is 9.05 Å². The van der Waals surface area contributed by atoms with Crippen molar-refractivity contribution in [2.75, 3.05) is 0 Å². The Morgan fingerprint density at radius 3 is 2.65 bits per heavy atom. The van der Waals surface area contributed by atoms with Crippen LogP contribution in [0.4, 0.5) is 5.69 Å². The molecule has 8 heteroatoms. The molecular formula is C12H7N3O5. The van der Waals surface area contributed by atoms with Crippen LogP contribution >= 0.6 is 0 Å². The molecule has 0 radical (unpaired) electrons. The van der Waals surface area contributed by atoms with E-state index in [4.69, 9.17) is 9.05 Å². The van der Waals surface area contributed by atoms with Crippen molar-refractivity contribution >= 4 is 22.6 Å². The number of aromatic nitrogens is 2. The summed E-state index contributed by atoms with van der Waals surface area (Å²) in [5, 5.41) is 18.2. The number of carbonyl (C=O) groups is 1. The minimum atomic E-state index is -0.646. The summed E-state index contributed by atoms with van der Waals surface area (Å²) in [6, 6.07) is 5.61. The summed E-state index contributed by atoms with van der Waals surface area (Å²) in [5.41, 5.74) is 0.285. The molecule has 1 aromatic carbocycles. The van der Waals surface area contributed by atoms with Gasteiger partial charge in [-0.25, -0.2) is 0 Å². The van der Waals surface area contributed by atoms with E-state index < -0.39 is 10.7 Å². The Kier molecular flexibility index (Phi) is 2.56.